The highest BCUT2D eigenvalue weighted by Gasteiger charge is 2.20. The molecule has 0 radical (unpaired) electrons. The Morgan fingerprint density at radius 1 is 1.53 bits per heavy atom. The molecule has 0 unspecified atom stereocenters. The summed E-state index contributed by atoms with van der Waals surface area (Å²) in [5.41, 5.74) is 2.36. The molecule has 5 heteroatoms. The van der Waals surface area contributed by atoms with Gasteiger partial charge in [-0.25, -0.2) is 4.98 Å². The van der Waals surface area contributed by atoms with Crippen LogP contribution in [-0.4, -0.2) is 18.1 Å². The summed E-state index contributed by atoms with van der Waals surface area (Å²) in [6.07, 6.45) is 4.37. The number of aryl methyl sites for hydroxylation is 1. The van der Waals surface area contributed by atoms with E-state index in [1.807, 2.05) is 13.0 Å². The second-order valence-electron chi connectivity index (χ2n) is 5.13. The van der Waals surface area contributed by atoms with E-state index in [1.165, 1.54) is 18.4 Å². The summed E-state index contributed by atoms with van der Waals surface area (Å²) in [6.45, 7) is 3.72. The highest BCUT2D eigenvalue weighted by Crippen LogP contribution is 2.23. The molecule has 2 aromatic heterocycles. The van der Waals surface area contributed by atoms with Crippen LogP contribution >= 0.6 is 11.3 Å². The molecule has 3 rings (SSSR count). The summed E-state index contributed by atoms with van der Waals surface area (Å²) in [5, 5.41) is 6.70. The van der Waals surface area contributed by atoms with Gasteiger partial charge in [-0.05, 0) is 25.8 Å². The van der Waals surface area contributed by atoms with Crippen molar-refractivity contribution in [3.05, 3.63) is 34.7 Å². The predicted molar refractivity (Wildman–Crippen MR) is 77.5 cm³/mol. The number of rotatable bonds is 6. The minimum absolute atomic E-state index is 0.733. The Labute approximate surface area is 117 Å². The Balaban J connectivity index is 1.59. The minimum atomic E-state index is 0.733. The van der Waals surface area contributed by atoms with Crippen LogP contribution in [0.15, 0.2) is 22.1 Å². The Kier molecular flexibility index (Phi) is 3.57. The highest BCUT2D eigenvalue weighted by molar-refractivity contribution is 7.13. The third kappa shape index (κ3) is 3.16. The van der Waals surface area contributed by atoms with Crippen LogP contribution < -0.4 is 10.2 Å². The molecular formula is C14H19N3OS. The maximum Gasteiger partial charge on any atom is 0.185 e. The average molecular weight is 277 g/mol. The molecule has 4 nitrogen and oxygen atoms in total. The van der Waals surface area contributed by atoms with Crippen molar-refractivity contribution in [2.24, 2.45) is 0 Å². The molecule has 102 valence electrons. The van der Waals surface area contributed by atoms with Gasteiger partial charge in [0, 0.05) is 37.1 Å². The second-order valence-corrected chi connectivity index (χ2v) is 5.97. The number of aromatic nitrogens is 1. The third-order valence-corrected chi connectivity index (χ3v) is 4.39. The fourth-order valence-electron chi connectivity index (χ4n) is 1.99. The molecule has 0 amide bonds. The SMILES string of the molecule is Cc1occc1CN(C)c1nc(CNC2CC2)cs1. The molecule has 0 aromatic carbocycles. The fourth-order valence-corrected chi connectivity index (χ4v) is 2.78. The predicted octanol–water partition coefficient (Wildman–Crippen LogP) is 2.93. The first-order valence-corrected chi connectivity index (χ1v) is 7.52. The van der Waals surface area contributed by atoms with E-state index in [0.717, 1.165) is 35.7 Å². The van der Waals surface area contributed by atoms with Crippen LogP contribution in [-0.2, 0) is 13.1 Å². The van der Waals surface area contributed by atoms with Gasteiger partial charge in [0.05, 0.1) is 12.0 Å². The van der Waals surface area contributed by atoms with Crippen molar-refractivity contribution in [2.75, 3.05) is 11.9 Å². The monoisotopic (exact) mass is 277 g/mol. The molecule has 1 aliphatic carbocycles. The number of hydrogen-bond donors (Lipinski definition) is 1. The maximum absolute atomic E-state index is 5.32. The first-order valence-electron chi connectivity index (χ1n) is 6.64. The summed E-state index contributed by atoms with van der Waals surface area (Å²) in [4.78, 5) is 6.84. The van der Waals surface area contributed by atoms with Crippen molar-refractivity contribution in [1.82, 2.24) is 10.3 Å². The topological polar surface area (TPSA) is 41.3 Å². The van der Waals surface area contributed by atoms with E-state index in [-0.39, 0.29) is 0 Å². The third-order valence-electron chi connectivity index (χ3n) is 3.39. The molecule has 0 spiro atoms. The van der Waals surface area contributed by atoms with Gasteiger partial charge in [-0.2, -0.15) is 0 Å². The molecule has 0 atom stereocenters. The number of hydrogen-bond acceptors (Lipinski definition) is 5. The van der Waals surface area contributed by atoms with E-state index in [0.29, 0.717) is 0 Å². The molecule has 2 heterocycles. The van der Waals surface area contributed by atoms with E-state index < -0.39 is 0 Å². The number of thiazole rings is 1. The summed E-state index contributed by atoms with van der Waals surface area (Å²) < 4.78 is 5.32. The van der Waals surface area contributed by atoms with Crippen LogP contribution in [0.4, 0.5) is 5.13 Å². The van der Waals surface area contributed by atoms with Gasteiger partial charge in [0.2, 0.25) is 0 Å². The molecule has 1 aliphatic rings. The Morgan fingerprint density at radius 3 is 3.05 bits per heavy atom. The number of nitrogens with one attached hydrogen (secondary N) is 1. The zero-order chi connectivity index (χ0) is 13.2. The zero-order valence-corrected chi connectivity index (χ0v) is 12.2. The van der Waals surface area contributed by atoms with Gasteiger partial charge in [0.1, 0.15) is 5.76 Å². The minimum Gasteiger partial charge on any atom is -0.469 e. The summed E-state index contributed by atoms with van der Waals surface area (Å²) in [6, 6.07) is 2.76. The molecule has 2 aromatic rings. The first kappa shape index (κ1) is 12.7. The summed E-state index contributed by atoms with van der Waals surface area (Å²) in [7, 11) is 2.07. The van der Waals surface area contributed by atoms with E-state index in [2.05, 4.69) is 27.6 Å². The molecule has 0 aliphatic heterocycles. The van der Waals surface area contributed by atoms with Gasteiger partial charge < -0.3 is 14.6 Å². The smallest absolute Gasteiger partial charge is 0.185 e. The molecule has 0 saturated heterocycles. The standard InChI is InChI=1S/C14H19N3OS/c1-10-11(5-6-18-10)8-17(2)14-16-13(9-19-14)7-15-12-3-4-12/h5-6,9,12,15H,3-4,7-8H2,1-2H3. The lowest BCUT2D eigenvalue weighted by molar-refractivity contribution is 0.529. The van der Waals surface area contributed by atoms with Crippen molar-refractivity contribution in [1.29, 1.82) is 0 Å². The van der Waals surface area contributed by atoms with Gasteiger partial charge in [0.15, 0.2) is 5.13 Å². The molecule has 19 heavy (non-hydrogen) atoms. The molecule has 1 N–H and O–H groups in total. The maximum atomic E-state index is 5.32. The van der Waals surface area contributed by atoms with Crippen LogP contribution in [0, 0.1) is 6.92 Å². The van der Waals surface area contributed by atoms with Crippen molar-refractivity contribution in [3.8, 4) is 0 Å². The summed E-state index contributed by atoms with van der Waals surface area (Å²) >= 11 is 1.70. The van der Waals surface area contributed by atoms with E-state index >= 15 is 0 Å². The number of nitrogens with zero attached hydrogens (tertiary/aromatic N) is 2. The van der Waals surface area contributed by atoms with Gasteiger partial charge in [-0.3, -0.25) is 0 Å². The van der Waals surface area contributed by atoms with Crippen molar-refractivity contribution in [2.45, 2.75) is 38.9 Å². The van der Waals surface area contributed by atoms with Crippen LogP contribution in [0.25, 0.3) is 0 Å². The molecular weight excluding hydrogens is 258 g/mol. The lowest BCUT2D eigenvalue weighted by Crippen LogP contribution is -2.18. The van der Waals surface area contributed by atoms with Crippen molar-refractivity contribution in [3.63, 3.8) is 0 Å². The molecule has 1 saturated carbocycles. The van der Waals surface area contributed by atoms with Crippen molar-refractivity contribution < 1.29 is 4.42 Å². The molecule has 0 bridgehead atoms. The van der Waals surface area contributed by atoms with E-state index in [9.17, 15) is 0 Å². The quantitative estimate of drug-likeness (QED) is 0.881. The Bertz CT molecular complexity index is 544. The highest BCUT2D eigenvalue weighted by atomic mass is 32.1. The van der Waals surface area contributed by atoms with Crippen LogP contribution in [0.1, 0.15) is 29.9 Å². The van der Waals surface area contributed by atoms with Crippen LogP contribution in [0.3, 0.4) is 0 Å². The second kappa shape index (κ2) is 5.35. The number of furan rings is 1. The molecule has 1 fully saturated rings. The average Bonchev–Trinajstić information content (AvgIpc) is 2.96. The normalized spacial score (nSPS) is 14.8. The van der Waals surface area contributed by atoms with E-state index in [1.54, 1.807) is 17.6 Å². The van der Waals surface area contributed by atoms with Gasteiger partial charge >= 0.3 is 0 Å². The fraction of sp³-hybridized carbons (Fsp3) is 0.500. The Morgan fingerprint density at radius 2 is 2.37 bits per heavy atom. The summed E-state index contributed by atoms with van der Waals surface area (Å²) in [5.74, 6) is 0.985. The lowest BCUT2D eigenvalue weighted by Gasteiger charge is -2.14. The first-order chi connectivity index (χ1) is 9.22. The van der Waals surface area contributed by atoms with Crippen molar-refractivity contribution >= 4 is 16.5 Å². The van der Waals surface area contributed by atoms with Crippen LogP contribution in [0.2, 0.25) is 0 Å². The zero-order valence-electron chi connectivity index (χ0n) is 11.3. The van der Waals surface area contributed by atoms with Gasteiger partial charge in [0.25, 0.3) is 0 Å². The van der Waals surface area contributed by atoms with Gasteiger partial charge in [-0.15, -0.1) is 11.3 Å². The number of anilines is 1. The van der Waals surface area contributed by atoms with Crippen LogP contribution in [0.5, 0.6) is 0 Å². The Hall–Kier alpha value is -1.33. The largest absolute Gasteiger partial charge is 0.469 e. The van der Waals surface area contributed by atoms with E-state index in [4.69, 9.17) is 4.42 Å². The lowest BCUT2D eigenvalue weighted by atomic mass is 10.2. The van der Waals surface area contributed by atoms with Gasteiger partial charge in [-0.1, -0.05) is 0 Å².